The van der Waals surface area contributed by atoms with Crippen molar-refractivity contribution in [2.45, 2.75) is 64.1 Å². The highest BCUT2D eigenvalue weighted by Gasteiger charge is 2.35. The van der Waals surface area contributed by atoms with Crippen LogP contribution in [0.4, 0.5) is 5.69 Å². The summed E-state index contributed by atoms with van der Waals surface area (Å²) in [5.41, 5.74) is 3.96. The van der Waals surface area contributed by atoms with Crippen molar-refractivity contribution in [3.63, 3.8) is 0 Å². The number of carbonyl (C=O) groups excluding carboxylic acids is 1. The van der Waals surface area contributed by atoms with Gasteiger partial charge in [0.05, 0.1) is 17.5 Å². The van der Waals surface area contributed by atoms with E-state index in [0.717, 1.165) is 30.8 Å². The van der Waals surface area contributed by atoms with Crippen LogP contribution in [0.5, 0.6) is 0 Å². The zero-order chi connectivity index (χ0) is 22.2. The molecule has 1 aromatic carbocycles. The van der Waals surface area contributed by atoms with E-state index >= 15 is 0 Å². The minimum absolute atomic E-state index is 0.138. The Hall–Kier alpha value is -2.39. The number of anilines is 1. The number of para-hydroxylation sites is 1. The van der Waals surface area contributed by atoms with E-state index in [0.29, 0.717) is 31.6 Å². The Morgan fingerprint density at radius 3 is 2.58 bits per heavy atom. The molecule has 1 fully saturated rings. The first-order valence-corrected chi connectivity index (χ1v) is 12.5. The zero-order valence-electron chi connectivity index (χ0n) is 18.4. The average molecular weight is 446 g/mol. The van der Waals surface area contributed by atoms with Gasteiger partial charge in [-0.15, -0.1) is 0 Å². The molecule has 4 rings (SSSR count). The minimum Gasteiger partial charge on any atom is -0.368 e. The molecule has 1 amide bonds. The summed E-state index contributed by atoms with van der Waals surface area (Å²) in [6.07, 6.45) is 2.36. The second-order valence-corrected chi connectivity index (χ2v) is 10.1. The molecule has 1 aromatic heterocycles. The van der Waals surface area contributed by atoms with E-state index in [1.165, 1.54) is 5.56 Å². The van der Waals surface area contributed by atoms with Crippen LogP contribution < -0.4 is 10.0 Å². The topological polar surface area (TPSA) is 96.3 Å². The second kappa shape index (κ2) is 8.63. The summed E-state index contributed by atoms with van der Waals surface area (Å²) in [6, 6.07) is 6.96. The van der Waals surface area contributed by atoms with Gasteiger partial charge in [0.15, 0.2) is 0 Å². The molecule has 1 atom stereocenters. The number of rotatable bonds is 5. The Bertz CT molecular complexity index is 1070. The first-order valence-electron chi connectivity index (χ1n) is 11.0. The summed E-state index contributed by atoms with van der Waals surface area (Å²) in [4.78, 5) is 15.0. The number of piperidine rings is 1. The molecule has 0 bridgehead atoms. The SMILES string of the molecule is CCn1nc(C)c(CCC(=O)N2CCC(C3Nc4ccccc4S(=O)(=O)N3)CC2)c1C. The number of hydrogen-bond acceptors (Lipinski definition) is 5. The van der Waals surface area contributed by atoms with Crippen molar-refractivity contribution in [3.8, 4) is 0 Å². The van der Waals surface area contributed by atoms with Gasteiger partial charge in [-0.2, -0.15) is 9.82 Å². The number of nitrogens with one attached hydrogen (secondary N) is 2. The number of nitrogens with zero attached hydrogens (tertiary/aromatic N) is 3. The summed E-state index contributed by atoms with van der Waals surface area (Å²) in [5.74, 6) is 0.295. The van der Waals surface area contributed by atoms with Crippen LogP contribution in [0.3, 0.4) is 0 Å². The lowest BCUT2D eigenvalue weighted by Gasteiger charge is -2.39. The molecule has 1 saturated heterocycles. The van der Waals surface area contributed by atoms with Gasteiger partial charge in [0.25, 0.3) is 0 Å². The predicted molar refractivity (Wildman–Crippen MR) is 119 cm³/mol. The number of hydrogen-bond donors (Lipinski definition) is 2. The summed E-state index contributed by atoms with van der Waals surface area (Å²) < 4.78 is 29.9. The molecular formula is C22H31N5O3S. The molecule has 9 heteroatoms. The Balaban J connectivity index is 1.33. The van der Waals surface area contributed by atoms with Gasteiger partial charge >= 0.3 is 0 Å². The number of aryl methyl sites for hydroxylation is 2. The van der Waals surface area contributed by atoms with Gasteiger partial charge in [-0.25, -0.2) is 8.42 Å². The Morgan fingerprint density at radius 2 is 1.90 bits per heavy atom. The van der Waals surface area contributed by atoms with Gasteiger partial charge in [-0.05, 0) is 63.6 Å². The van der Waals surface area contributed by atoms with Gasteiger partial charge < -0.3 is 10.2 Å². The number of aromatic nitrogens is 2. The molecule has 2 N–H and O–H groups in total. The maximum Gasteiger partial charge on any atom is 0.244 e. The fraction of sp³-hybridized carbons (Fsp3) is 0.545. The van der Waals surface area contributed by atoms with Crippen molar-refractivity contribution in [2.75, 3.05) is 18.4 Å². The van der Waals surface area contributed by atoms with Crippen molar-refractivity contribution in [2.24, 2.45) is 5.92 Å². The first kappa shape index (κ1) is 21.8. The molecule has 8 nitrogen and oxygen atoms in total. The number of fused-ring (bicyclic) bond motifs is 1. The highest BCUT2D eigenvalue weighted by atomic mass is 32.2. The van der Waals surface area contributed by atoms with Crippen LogP contribution in [0, 0.1) is 19.8 Å². The molecule has 0 saturated carbocycles. The molecule has 0 spiro atoms. The number of benzene rings is 1. The van der Waals surface area contributed by atoms with Crippen LogP contribution in [-0.2, 0) is 27.8 Å². The van der Waals surface area contributed by atoms with Crippen molar-refractivity contribution in [3.05, 3.63) is 41.2 Å². The quantitative estimate of drug-likeness (QED) is 0.737. The van der Waals surface area contributed by atoms with Gasteiger partial charge in [0.2, 0.25) is 15.9 Å². The van der Waals surface area contributed by atoms with Gasteiger partial charge in [-0.1, -0.05) is 12.1 Å². The number of carbonyl (C=O) groups is 1. The van der Waals surface area contributed by atoms with E-state index in [1.807, 2.05) is 22.6 Å². The third-order valence-corrected chi connectivity index (χ3v) is 8.05. The van der Waals surface area contributed by atoms with Crippen molar-refractivity contribution in [1.82, 2.24) is 19.4 Å². The number of likely N-dealkylation sites (tertiary alicyclic amines) is 1. The standard InChI is InChI=1S/C22H31N5O3S/c1-4-27-16(3)18(15(2)24-27)9-10-21(28)26-13-11-17(12-14-26)22-23-19-7-5-6-8-20(19)31(29,30)25-22/h5-8,17,22-23,25H,4,9-14H2,1-3H3. The average Bonchev–Trinajstić information content (AvgIpc) is 3.04. The molecule has 2 aliphatic heterocycles. The molecular weight excluding hydrogens is 414 g/mol. The fourth-order valence-electron chi connectivity index (χ4n) is 4.74. The van der Waals surface area contributed by atoms with Crippen LogP contribution in [0.25, 0.3) is 0 Å². The molecule has 0 aliphatic carbocycles. The zero-order valence-corrected chi connectivity index (χ0v) is 19.2. The predicted octanol–water partition coefficient (Wildman–Crippen LogP) is 2.42. The van der Waals surface area contributed by atoms with Crippen molar-refractivity contribution in [1.29, 1.82) is 0 Å². The van der Waals surface area contributed by atoms with E-state index in [9.17, 15) is 13.2 Å². The third kappa shape index (κ3) is 4.34. The lowest BCUT2D eigenvalue weighted by Crippen LogP contribution is -2.52. The van der Waals surface area contributed by atoms with Crippen molar-refractivity contribution < 1.29 is 13.2 Å². The smallest absolute Gasteiger partial charge is 0.244 e. The van der Waals surface area contributed by atoms with Crippen LogP contribution in [0.15, 0.2) is 29.2 Å². The van der Waals surface area contributed by atoms with Gasteiger partial charge in [-0.3, -0.25) is 9.48 Å². The van der Waals surface area contributed by atoms with Crippen LogP contribution in [-0.4, -0.2) is 48.3 Å². The lowest BCUT2D eigenvalue weighted by atomic mass is 9.93. The van der Waals surface area contributed by atoms with Gasteiger partial charge in [0, 0.05) is 31.7 Å². The highest BCUT2D eigenvalue weighted by Crippen LogP contribution is 2.31. The largest absolute Gasteiger partial charge is 0.368 e. The molecule has 168 valence electrons. The van der Waals surface area contributed by atoms with Crippen LogP contribution >= 0.6 is 0 Å². The maximum atomic E-state index is 12.8. The normalized spacial score (nSPS) is 20.9. The fourth-order valence-corrected chi connectivity index (χ4v) is 6.12. The van der Waals surface area contributed by atoms with E-state index in [2.05, 4.69) is 29.0 Å². The molecule has 31 heavy (non-hydrogen) atoms. The number of amides is 1. The minimum atomic E-state index is -3.52. The van der Waals surface area contributed by atoms with E-state index in [-0.39, 0.29) is 22.9 Å². The molecule has 1 unspecified atom stereocenters. The number of sulfonamides is 1. The second-order valence-electron chi connectivity index (χ2n) is 8.42. The van der Waals surface area contributed by atoms with E-state index < -0.39 is 10.0 Å². The third-order valence-electron chi connectivity index (χ3n) is 6.55. The van der Waals surface area contributed by atoms with E-state index in [1.54, 1.807) is 18.2 Å². The molecule has 3 heterocycles. The Morgan fingerprint density at radius 1 is 1.19 bits per heavy atom. The summed E-state index contributed by atoms with van der Waals surface area (Å²) in [7, 11) is -3.52. The first-order chi connectivity index (χ1) is 14.8. The molecule has 0 radical (unpaired) electrons. The summed E-state index contributed by atoms with van der Waals surface area (Å²) in [5, 5.41) is 7.87. The van der Waals surface area contributed by atoms with Crippen LogP contribution in [0.2, 0.25) is 0 Å². The molecule has 2 aromatic rings. The Labute approximate surface area is 184 Å². The van der Waals surface area contributed by atoms with Gasteiger partial charge in [0.1, 0.15) is 4.90 Å². The van der Waals surface area contributed by atoms with Crippen molar-refractivity contribution >= 4 is 21.6 Å². The Kier molecular flexibility index (Phi) is 6.07. The lowest BCUT2D eigenvalue weighted by molar-refractivity contribution is -0.132. The molecule has 2 aliphatic rings. The maximum absolute atomic E-state index is 12.8. The summed E-state index contributed by atoms with van der Waals surface area (Å²) >= 11 is 0. The highest BCUT2D eigenvalue weighted by molar-refractivity contribution is 7.89. The van der Waals surface area contributed by atoms with E-state index in [4.69, 9.17) is 0 Å². The van der Waals surface area contributed by atoms with Crippen LogP contribution in [0.1, 0.15) is 43.1 Å². The monoisotopic (exact) mass is 445 g/mol. The summed E-state index contributed by atoms with van der Waals surface area (Å²) in [6.45, 7) is 8.26.